The predicted octanol–water partition coefficient (Wildman–Crippen LogP) is 1.31. The minimum atomic E-state index is -0.515. The van der Waals surface area contributed by atoms with Gasteiger partial charge in [0, 0.05) is 6.54 Å². The molecule has 98 valence electrons. The molecule has 17 heavy (non-hydrogen) atoms. The minimum Gasteiger partial charge on any atom is -0.409 e. The summed E-state index contributed by atoms with van der Waals surface area (Å²) >= 11 is 0. The lowest BCUT2D eigenvalue weighted by Gasteiger charge is -2.16. The summed E-state index contributed by atoms with van der Waals surface area (Å²) in [6, 6.07) is 0. The van der Waals surface area contributed by atoms with Crippen molar-refractivity contribution in [3.8, 4) is 0 Å². The van der Waals surface area contributed by atoms with Gasteiger partial charge in [-0.05, 0) is 31.1 Å². The molecule has 0 bridgehead atoms. The SMILES string of the molecule is CCC(C(=O)NCC1CCC(C)C1)C(N)=NO. The van der Waals surface area contributed by atoms with Gasteiger partial charge in [0.05, 0.1) is 5.92 Å². The number of amidine groups is 1. The van der Waals surface area contributed by atoms with E-state index in [4.69, 9.17) is 10.9 Å². The summed E-state index contributed by atoms with van der Waals surface area (Å²) < 4.78 is 0. The Bertz CT molecular complexity index is 291. The predicted molar refractivity (Wildman–Crippen MR) is 66.7 cm³/mol. The molecule has 3 unspecified atom stereocenters. The number of nitrogens with two attached hydrogens (primary N) is 1. The van der Waals surface area contributed by atoms with Crippen molar-refractivity contribution in [2.75, 3.05) is 6.54 Å². The van der Waals surface area contributed by atoms with Crippen molar-refractivity contribution >= 4 is 11.7 Å². The second-order valence-corrected chi connectivity index (χ2v) is 5.02. The van der Waals surface area contributed by atoms with Crippen LogP contribution in [-0.2, 0) is 4.79 Å². The topological polar surface area (TPSA) is 87.7 Å². The molecule has 1 aliphatic rings. The van der Waals surface area contributed by atoms with E-state index in [1.165, 1.54) is 19.3 Å². The Morgan fingerprint density at radius 3 is 2.76 bits per heavy atom. The van der Waals surface area contributed by atoms with Crippen LogP contribution >= 0.6 is 0 Å². The van der Waals surface area contributed by atoms with Crippen molar-refractivity contribution in [1.29, 1.82) is 0 Å². The number of carbonyl (C=O) groups is 1. The van der Waals surface area contributed by atoms with Gasteiger partial charge in [-0.1, -0.05) is 25.4 Å². The number of oxime groups is 1. The van der Waals surface area contributed by atoms with Crippen molar-refractivity contribution in [3.05, 3.63) is 0 Å². The maximum absolute atomic E-state index is 11.8. The first kappa shape index (κ1) is 13.8. The van der Waals surface area contributed by atoms with Crippen molar-refractivity contribution in [1.82, 2.24) is 5.32 Å². The molecule has 0 spiro atoms. The third kappa shape index (κ3) is 3.91. The molecule has 1 saturated carbocycles. The van der Waals surface area contributed by atoms with Crippen LogP contribution in [0.3, 0.4) is 0 Å². The Hall–Kier alpha value is -1.26. The molecular formula is C12H23N3O2. The maximum atomic E-state index is 11.8. The van der Waals surface area contributed by atoms with Gasteiger partial charge in [0.2, 0.25) is 5.91 Å². The molecule has 0 radical (unpaired) electrons. The zero-order valence-electron chi connectivity index (χ0n) is 10.6. The number of nitrogens with zero attached hydrogens (tertiary/aromatic N) is 1. The average Bonchev–Trinajstić information content (AvgIpc) is 2.73. The van der Waals surface area contributed by atoms with Crippen LogP contribution in [0.25, 0.3) is 0 Å². The summed E-state index contributed by atoms with van der Waals surface area (Å²) in [6.07, 6.45) is 4.16. The fraction of sp³-hybridized carbons (Fsp3) is 0.833. The highest BCUT2D eigenvalue weighted by Gasteiger charge is 2.24. The summed E-state index contributed by atoms with van der Waals surface area (Å²) in [5.74, 6) is 0.688. The first-order valence-corrected chi connectivity index (χ1v) is 6.33. The lowest BCUT2D eigenvalue weighted by Crippen LogP contribution is -2.40. The highest BCUT2D eigenvalue weighted by atomic mass is 16.4. The van der Waals surface area contributed by atoms with Crippen LogP contribution in [-0.4, -0.2) is 23.5 Å². The molecule has 5 heteroatoms. The Morgan fingerprint density at radius 2 is 2.29 bits per heavy atom. The molecule has 4 N–H and O–H groups in total. The summed E-state index contributed by atoms with van der Waals surface area (Å²) in [5.41, 5.74) is 5.47. The van der Waals surface area contributed by atoms with Gasteiger partial charge in [-0.25, -0.2) is 0 Å². The number of carbonyl (C=O) groups excluding carboxylic acids is 1. The molecule has 0 aromatic heterocycles. The van der Waals surface area contributed by atoms with E-state index in [-0.39, 0.29) is 11.7 Å². The van der Waals surface area contributed by atoms with Gasteiger partial charge in [-0.3, -0.25) is 4.79 Å². The average molecular weight is 241 g/mol. The van der Waals surface area contributed by atoms with Gasteiger partial charge in [0.15, 0.2) is 5.84 Å². The fourth-order valence-electron chi connectivity index (χ4n) is 2.48. The van der Waals surface area contributed by atoms with Gasteiger partial charge in [-0.2, -0.15) is 0 Å². The molecule has 0 heterocycles. The smallest absolute Gasteiger partial charge is 0.230 e. The van der Waals surface area contributed by atoms with Crippen molar-refractivity contribution < 1.29 is 10.0 Å². The first-order valence-electron chi connectivity index (χ1n) is 6.33. The van der Waals surface area contributed by atoms with Crippen LogP contribution in [0, 0.1) is 17.8 Å². The maximum Gasteiger partial charge on any atom is 0.230 e. The molecular weight excluding hydrogens is 218 g/mol. The Morgan fingerprint density at radius 1 is 1.59 bits per heavy atom. The summed E-state index contributed by atoms with van der Waals surface area (Å²) in [7, 11) is 0. The summed E-state index contributed by atoms with van der Waals surface area (Å²) in [4.78, 5) is 11.8. The van der Waals surface area contributed by atoms with E-state index in [1.807, 2.05) is 6.92 Å². The summed E-state index contributed by atoms with van der Waals surface area (Å²) in [5, 5.41) is 14.4. The molecule has 0 saturated heterocycles. The summed E-state index contributed by atoms with van der Waals surface area (Å²) in [6.45, 7) is 4.80. The van der Waals surface area contributed by atoms with Gasteiger partial charge in [0.1, 0.15) is 0 Å². The molecule has 1 fully saturated rings. The largest absolute Gasteiger partial charge is 0.409 e. The van der Waals surface area contributed by atoms with E-state index in [1.54, 1.807) is 0 Å². The molecule has 1 aliphatic carbocycles. The van der Waals surface area contributed by atoms with Crippen LogP contribution in [0.4, 0.5) is 0 Å². The highest BCUT2D eigenvalue weighted by Crippen LogP contribution is 2.29. The first-order chi connectivity index (χ1) is 8.08. The van der Waals surface area contributed by atoms with Gasteiger partial charge >= 0.3 is 0 Å². The zero-order chi connectivity index (χ0) is 12.8. The number of hydrogen-bond donors (Lipinski definition) is 3. The Kier molecular flexibility index (Phi) is 5.25. The van der Waals surface area contributed by atoms with Crippen LogP contribution in [0.15, 0.2) is 5.16 Å². The normalized spacial score (nSPS) is 26.8. The van der Waals surface area contributed by atoms with Crippen LogP contribution in [0.2, 0.25) is 0 Å². The van der Waals surface area contributed by atoms with Gasteiger partial charge < -0.3 is 16.3 Å². The van der Waals surface area contributed by atoms with Gasteiger partial charge in [0.25, 0.3) is 0 Å². The second-order valence-electron chi connectivity index (χ2n) is 5.02. The van der Waals surface area contributed by atoms with Crippen LogP contribution in [0.5, 0.6) is 0 Å². The minimum absolute atomic E-state index is 0.00945. The van der Waals surface area contributed by atoms with E-state index in [2.05, 4.69) is 17.4 Å². The second kappa shape index (κ2) is 6.47. The van der Waals surface area contributed by atoms with Gasteiger partial charge in [-0.15, -0.1) is 0 Å². The molecule has 3 atom stereocenters. The third-order valence-corrected chi connectivity index (χ3v) is 3.57. The lowest BCUT2D eigenvalue weighted by atomic mass is 10.0. The number of hydrogen-bond acceptors (Lipinski definition) is 3. The van der Waals surface area contributed by atoms with Crippen molar-refractivity contribution in [3.63, 3.8) is 0 Å². The fourth-order valence-corrected chi connectivity index (χ4v) is 2.48. The monoisotopic (exact) mass is 241 g/mol. The standard InChI is InChI=1S/C12H23N3O2/c1-3-10(11(13)15-17)12(16)14-7-9-5-4-8(2)6-9/h8-10,17H,3-7H2,1-2H3,(H2,13,15)(H,14,16). The molecule has 1 amide bonds. The quantitative estimate of drug-likeness (QED) is 0.293. The van der Waals surface area contributed by atoms with E-state index < -0.39 is 5.92 Å². The molecule has 0 aliphatic heterocycles. The van der Waals surface area contributed by atoms with E-state index in [9.17, 15) is 4.79 Å². The third-order valence-electron chi connectivity index (χ3n) is 3.57. The lowest BCUT2D eigenvalue weighted by molar-refractivity contribution is -0.123. The number of amides is 1. The molecule has 0 aromatic carbocycles. The molecule has 0 aromatic rings. The Balaban J connectivity index is 2.37. The highest BCUT2D eigenvalue weighted by molar-refractivity contribution is 6.01. The molecule has 1 rings (SSSR count). The van der Waals surface area contributed by atoms with Crippen LogP contribution < -0.4 is 11.1 Å². The van der Waals surface area contributed by atoms with Crippen molar-refractivity contribution in [2.45, 2.75) is 39.5 Å². The van der Waals surface area contributed by atoms with E-state index in [0.29, 0.717) is 18.9 Å². The van der Waals surface area contributed by atoms with Crippen LogP contribution in [0.1, 0.15) is 39.5 Å². The number of nitrogens with one attached hydrogen (secondary N) is 1. The molecule has 5 nitrogen and oxygen atoms in total. The van der Waals surface area contributed by atoms with Crippen molar-refractivity contribution in [2.24, 2.45) is 28.6 Å². The van der Waals surface area contributed by atoms with E-state index in [0.717, 1.165) is 5.92 Å². The number of rotatable bonds is 5. The van der Waals surface area contributed by atoms with E-state index >= 15 is 0 Å². The zero-order valence-corrected chi connectivity index (χ0v) is 10.6. The Labute approximate surface area is 102 Å².